The van der Waals surface area contributed by atoms with Gasteiger partial charge in [-0.3, -0.25) is 9.69 Å². The highest BCUT2D eigenvalue weighted by Crippen LogP contribution is 2.37. The number of thiocarbonyl (C=S) groups is 1. The minimum atomic E-state index is -0.137. The van der Waals surface area contributed by atoms with Crippen LogP contribution in [0.5, 0.6) is 11.5 Å². The van der Waals surface area contributed by atoms with Gasteiger partial charge in [-0.2, -0.15) is 0 Å². The first kappa shape index (κ1) is 17.6. The second kappa shape index (κ2) is 7.33. The second-order valence-electron chi connectivity index (χ2n) is 5.36. The summed E-state index contributed by atoms with van der Waals surface area (Å²) in [6.07, 6.45) is 3.38. The van der Waals surface area contributed by atoms with Gasteiger partial charge in [-0.25, -0.2) is 0 Å². The third-order valence-corrected chi connectivity index (χ3v) is 5.24. The van der Waals surface area contributed by atoms with E-state index in [-0.39, 0.29) is 5.91 Å². The van der Waals surface area contributed by atoms with Crippen LogP contribution in [-0.2, 0) is 11.3 Å². The van der Waals surface area contributed by atoms with Gasteiger partial charge in [0, 0.05) is 11.1 Å². The van der Waals surface area contributed by atoms with Crippen LogP contribution in [0.4, 0.5) is 0 Å². The molecular weight excluding hydrogens is 358 g/mol. The zero-order chi connectivity index (χ0) is 18.0. The van der Waals surface area contributed by atoms with Gasteiger partial charge in [0.2, 0.25) is 0 Å². The highest BCUT2D eigenvalue weighted by atomic mass is 32.2. The summed E-state index contributed by atoms with van der Waals surface area (Å²) in [6, 6.07) is 7.32. The molecule has 130 valence electrons. The highest BCUT2D eigenvalue weighted by molar-refractivity contribution is 8.26. The smallest absolute Gasteiger partial charge is 0.266 e. The Morgan fingerprint density at radius 1 is 1.28 bits per heavy atom. The summed E-state index contributed by atoms with van der Waals surface area (Å²) in [4.78, 5) is 14.8. The molecular formula is C18H17NO4S2. The van der Waals surface area contributed by atoms with E-state index in [0.717, 1.165) is 16.9 Å². The number of benzene rings is 1. The number of methoxy groups -OCH3 is 2. The van der Waals surface area contributed by atoms with Crippen LogP contribution in [0.1, 0.15) is 16.9 Å². The second-order valence-corrected chi connectivity index (χ2v) is 7.04. The predicted molar refractivity (Wildman–Crippen MR) is 102 cm³/mol. The first-order valence-corrected chi connectivity index (χ1v) is 8.77. The van der Waals surface area contributed by atoms with E-state index in [4.69, 9.17) is 26.1 Å². The van der Waals surface area contributed by atoms with Crippen LogP contribution in [0.25, 0.3) is 6.08 Å². The standard InChI is InChI=1S/C18H17NO4S2/c1-11-14(21-2)7-6-12(16(11)22-3)9-15-17(20)19(18(24)25-15)10-13-5-4-8-23-13/h4-9H,10H2,1-3H3/b15-9+. The van der Waals surface area contributed by atoms with Crippen molar-refractivity contribution in [1.29, 1.82) is 0 Å². The molecule has 25 heavy (non-hydrogen) atoms. The summed E-state index contributed by atoms with van der Waals surface area (Å²) in [6.45, 7) is 2.24. The van der Waals surface area contributed by atoms with Gasteiger partial charge in [-0.15, -0.1) is 0 Å². The number of furan rings is 1. The largest absolute Gasteiger partial charge is 0.496 e. The summed E-state index contributed by atoms with van der Waals surface area (Å²) in [5.74, 6) is 1.97. The van der Waals surface area contributed by atoms with Gasteiger partial charge >= 0.3 is 0 Å². The molecule has 0 radical (unpaired) electrons. The van der Waals surface area contributed by atoms with Crippen LogP contribution in [0, 0.1) is 6.92 Å². The normalized spacial score (nSPS) is 16.0. The van der Waals surface area contributed by atoms with Crippen molar-refractivity contribution in [2.75, 3.05) is 14.2 Å². The summed E-state index contributed by atoms with van der Waals surface area (Å²) >= 11 is 6.62. The average molecular weight is 375 g/mol. The Kier molecular flexibility index (Phi) is 5.15. The molecule has 1 fully saturated rings. The number of carbonyl (C=O) groups is 1. The fraction of sp³-hybridized carbons (Fsp3) is 0.222. The van der Waals surface area contributed by atoms with Crippen LogP contribution >= 0.6 is 24.0 Å². The molecule has 1 amide bonds. The van der Waals surface area contributed by atoms with Gasteiger partial charge in [0.15, 0.2) is 0 Å². The van der Waals surface area contributed by atoms with E-state index >= 15 is 0 Å². The molecule has 0 bridgehead atoms. The minimum Gasteiger partial charge on any atom is -0.496 e. The van der Waals surface area contributed by atoms with Crippen molar-refractivity contribution in [2.24, 2.45) is 0 Å². The van der Waals surface area contributed by atoms with Crippen molar-refractivity contribution in [3.8, 4) is 11.5 Å². The van der Waals surface area contributed by atoms with Crippen molar-refractivity contribution in [3.05, 3.63) is 52.3 Å². The first-order chi connectivity index (χ1) is 12.0. The van der Waals surface area contributed by atoms with Gasteiger partial charge in [0.05, 0.1) is 31.9 Å². The molecule has 0 spiro atoms. The number of thioether (sulfide) groups is 1. The van der Waals surface area contributed by atoms with Crippen LogP contribution in [0.3, 0.4) is 0 Å². The molecule has 2 heterocycles. The maximum atomic E-state index is 12.7. The fourth-order valence-electron chi connectivity index (χ4n) is 2.64. The first-order valence-electron chi connectivity index (χ1n) is 7.54. The van der Waals surface area contributed by atoms with Crippen LogP contribution in [0.2, 0.25) is 0 Å². The summed E-state index contributed by atoms with van der Waals surface area (Å²) in [5.41, 5.74) is 1.68. The van der Waals surface area contributed by atoms with Gasteiger partial charge in [0.25, 0.3) is 5.91 Å². The van der Waals surface area contributed by atoms with Crippen molar-refractivity contribution >= 4 is 40.3 Å². The zero-order valence-electron chi connectivity index (χ0n) is 14.1. The van der Waals surface area contributed by atoms with E-state index in [1.54, 1.807) is 32.6 Å². The molecule has 0 unspecified atom stereocenters. The summed E-state index contributed by atoms with van der Waals surface area (Å²) in [7, 11) is 3.21. The Hall–Kier alpha value is -2.25. The quantitative estimate of drug-likeness (QED) is 0.581. The molecule has 0 aliphatic carbocycles. The number of carbonyl (C=O) groups excluding carboxylic acids is 1. The Morgan fingerprint density at radius 2 is 2.08 bits per heavy atom. The van der Waals surface area contributed by atoms with Gasteiger partial charge in [0.1, 0.15) is 21.6 Å². The van der Waals surface area contributed by atoms with Gasteiger partial charge in [-0.05, 0) is 37.3 Å². The van der Waals surface area contributed by atoms with Crippen molar-refractivity contribution in [2.45, 2.75) is 13.5 Å². The number of hydrogen-bond acceptors (Lipinski definition) is 6. The Labute approximate surface area is 155 Å². The lowest BCUT2D eigenvalue weighted by atomic mass is 10.1. The van der Waals surface area contributed by atoms with E-state index in [9.17, 15) is 4.79 Å². The number of nitrogens with zero attached hydrogens (tertiary/aromatic N) is 1. The molecule has 1 aliphatic rings. The van der Waals surface area contributed by atoms with Crippen molar-refractivity contribution < 1.29 is 18.7 Å². The van der Waals surface area contributed by atoms with Crippen molar-refractivity contribution in [3.63, 3.8) is 0 Å². The summed E-state index contributed by atoms with van der Waals surface area (Å²) in [5, 5.41) is 0. The average Bonchev–Trinajstić information content (AvgIpc) is 3.20. The monoisotopic (exact) mass is 375 g/mol. The number of rotatable bonds is 5. The summed E-state index contributed by atoms with van der Waals surface area (Å²) < 4.78 is 16.6. The molecule has 2 aromatic rings. The third-order valence-electron chi connectivity index (χ3n) is 3.86. The topological polar surface area (TPSA) is 51.9 Å². The van der Waals surface area contributed by atoms with Crippen molar-refractivity contribution in [1.82, 2.24) is 4.90 Å². The Balaban J connectivity index is 1.91. The molecule has 7 heteroatoms. The maximum absolute atomic E-state index is 12.7. The Morgan fingerprint density at radius 3 is 2.72 bits per heavy atom. The lowest BCUT2D eigenvalue weighted by Gasteiger charge is -2.13. The van der Waals surface area contributed by atoms with E-state index in [2.05, 4.69) is 0 Å². The molecule has 5 nitrogen and oxygen atoms in total. The fourth-order valence-corrected chi connectivity index (χ4v) is 3.88. The molecule has 0 N–H and O–H groups in total. The maximum Gasteiger partial charge on any atom is 0.266 e. The van der Waals surface area contributed by atoms with Crippen LogP contribution < -0.4 is 9.47 Å². The lowest BCUT2D eigenvalue weighted by Crippen LogP contribution is -2.27. The predicted octanol–water partition coefficient (Wildman–Crippen LogP) is 4.01. The third kappa shape index (κ3) is 3.43. The highest BCUT2D eigenvalue weighted by Gasteiger charge is 2.32. The number of ether oxygens (including phenoxy) is 2. The zero-order valence-corrected chi connectivity index (χ0v) is 15.7. The number of hydrogen-bond donors (Lipinski definition) is 0. The van der Waals surface area contributed by atoms with Crippen LogP contribution in [0.15, 0.2) is 39.9 Å². The molecule has 1 aliphatic heterocycles. The minimum absolute atomic E-state index is 0.137. The molecule has 0 saturated carbocycles. The Bertz CT molecular complexity index is 843. The van der Waals surface area contributed by atoms with E-state index in [0.29, 0.717) is 27.3 Å². The molecule has 0 atom stereocenters. The lowest BCUT2D eigenvalue weighted by molar-refractivity contribution is -0.122. The van der Waals surface area contributed by atoms with E-state index in [1.165, 1.54) is 16.7 Å². The molecule has 3 rings (SSSR count). The molecule has 1 aromatic carbocycles. The SMILES string of the molecule is COc1ccc(/C=C2/SC(=S)N(Cc3ccco3)C2=O)c(OC)c1C. The molecule has 1 aromatic heterocycles. The van der Waals surface area contributed by atoms with Crippen LogP contribution in [-0.4, -0.2) is 29.3 Å². The van der Waals surface area contributed by atoms with Gasteiger partial charge < -0.3 is 13.9 Å². The number of amides is 1. The van der Waals surface area contributed by atoms with E-state index in [1.807, 2.05) is 25.1 Å². The van der Waals surface area contributed by atoms with Gasteiger partial charge in [-0.1, -0.05) is 24.0 Å². The van der Waals surface area contributed by atoms with E-state index < -0.39 is 0 Å². The molecule has 1 saturated heterocycles.